The van der Waals surface area contributed by atoms with E-state index in [9.17, 15) is 9.59 Å². The van der Waals surface area contributed by atoms with Crippen LogP contribution in [0.25, 0.3) is 0 Å². The third-order valence-electron chi connectivity index (χ3n) is 6.17. The average molecular weight is 387 g/mol. The number of amides is 3. The van der Waals surface area contributed by atoms with Gasteiger partial charge >= 0.3 is 6.03 Å². The second-order valence-corrected chi connectivity index (χ2v) is 8.32. The number of likely N-dealkylation sites (tertiary alicyclic amines) is 2. The number of urea groups is 1. The van der Waals surface area contributed by atoms with Crippen molar-refractivity contribution in [1.82, 2.24) is 20.4 Å². The van der Waals surface area contributed by atoms with Gasteiger partial charge in [-0.2, -0.15) is 0 Å². The Hall–Kier alpha value is -2.08. The predicted octanol–water partition coefficient (Wildman–Crippen LogP) is 2.63. The lowest BCUT2D eigenvalue weighted by molar-refractivity contribution is 0.0917. The van der Waals surface area contributed by atoms with Crippen molar-refractivity contribution in [2.75, 3.05) is 39.8 Å². The monoisotopic (exact) mass is 386 g/mol. The van der Waals surface area contributed by atoms with E-state index in [0.717, 1.165) is 42.9 Å². The number of hydrogen-bond acceptors (Lipinski definition) is 3. The van der Waals surface area contributed by atoms with E-state index in [2.05, 4.69) is 22.6 Å². The SMILES string of the molecule is Cc1ccccc1C(=O)NC1CCN(C(=O)NCCC2CCN(C)CC2)CC1. The van der Waals surface area contributed by atoms with E-state index in [1.807, 2.05) is 36.1 Å². The van der Waals surface area contributed by atoms with Crippen molar-refractivity contribution in [2.45, 2.75) is 45.1 Å². The summed E-state index contributed by atoms with van der Waals surface area (Å²) in [6.45, 7) is 6.43. The molecule has 3 rings (SSSR count). The van der Waals surface area contributed by atoms with Crippen LogP contribution in [0.3, 0.4) is 0 Å². The molecule has 1 aromatic rings. The first kappa shape index (κ1) is 20.6. The number of nitrogens with zero attached hydrogens (tertiary/aromatic N) is 2. The lowest BCUT2D eigenvalue weighted by Crippen LogP contribution is -2.49. The molecule has 2 saturated heterocycles. The van der Waals surface area contributed by atoms with Gasteiger partial charge in [-0.3, -0.25) is 4.79 Å². The van der Waals surface area contributed by atoms with Crippen LogP contribution >= 0.6 is 0 Å². The standard InChI is InChI=1S/C22H34N4O2/c1-17-5-3-4-6-20(17)21(27)24-19-10-15-26(16-11-19)22(28)23-12-7-18-8-13-25(2)14-9-18/h3-6,18-19H,7-16H2,1-2H3,(H,23,28)(H,24,27). The Balaban J connectivity index is 1.35. The quantitative estimate of drug-likeness (QED) is 0.818. The van der Waals surface area contributed by atoms with E-state index < -0.39 is 0 Å². The Morgan fingerprint density at radius 1 is 1.04 bits per heavy atom. The molecular weight excluding hydrogens is 352 g/mol. The molecule has 2 N–H and O–H groups in total. The zero-order valence-electron chi connectivity index (χ0n) is 17.2. The van der Waals surface area contributed by atoms with Crippen molar-refractivity contribution in [3.63, 3.8) is 0 Å². The fraction of sp³-hybridized carbons (Fsp3) is 0.636. The van der Waals surface area contributed by atoms with Gasteiger partial charge in [0.1, 0.15) is 0 Å². The van der Waals surface area contributed by atoms with Crippen LogP contribution in [0.5, 0.6) is 0 Å². The van der Waals surface area contributed by atoms with Crippen LogP contribution in [0.4, 0.5) is 4.79 Å². The second-order valence-electron chi connectivity index (χ2n) is 8.32. The minimum absolute atomic E-state index is 0.0147. The van der Waals surface area contributed by atoms with Crippen LogP contribution in [0, 0.1) is 12.8 Å². The topological polar surface area (TPSA) is 64.7 Å². The summed E-state index contributed by atoms with van der Waals surface area (Å²) in [5.41, 5.74) is 1.72. The summed E-state index contributed by atoms with van der Waals surface area (Å²) in [6, 6.07) is 7.81. The number of benzene rings is 1. The Labute approximate surface area is 168 Å². The molecule has 2 aliphatic rings. The molecule has 0 radical (unpaired) electrons. The molecule has 0 aliphatic carbocycles. The number of aryl methyl sites for hydroxylation is 1. The summed E-state index contributed by atoms with van der Waals surface area (Å²) in [7, 11) is 2.17. The van der Waals surface area contributed by atoms with Crippen LogP contribution < -0.4 is 10.6 Å². The molecule has 0 saturated carbocycles. The molecule has 2 aliphatic heterocycles. The Morgan fingerprint density at radius 2 is 1.71 bits per heavy atom. The first-order valence-electron chi connectivity index (χ1n) is 10.6. The number of rotatable bonds is 5. The Kier molecular flexibility index (Phi) is 7.31. The summed E-state index contributed by atoms with van der Waals surface area (Å²) in [4.78, 5) is 29.1. The molecule has 6 nitrogen and oxygen atoms in total. The highest BCUT2D eigenvalue weighted by molar-refractivity contribution is 5.95. The molecule has 0 bridgehead atoms. The van der Waals surface area contributed by atoms with E-state index in [0.29, 0.717) is 13.1 Å². The molecule has 0 atom stereocenters. The van der Waals surface area contributed by atoms with Gasteiger partial charge in [-0.05, 0) is 76.7 Å². The summed E-state index contributed by atoms with van der Waals surface area (Å²) in [5, 5.41) is 6.21. The number of hydrogen-bond donors (Lipinski definition) is 2. The molecule has 6 heteroatoms. The Morgan fingerprint density at radius 3 is 2.39 bits per heavy atom. The van der Waals surface area contributed by atoms with Crippen molar-refractivity contribution < 1.29 is 9.59 Å². The van der Waals surface area contributed by atoms with E-state index in [1.54, 1.807) is 0 Å². The minimum atomic E-state index is -0.0147. The van der Waals surface area contributed by atoms with Gasteiger partial charge in [0.2, 0.25) is 0 Å². The number of carbonyl (C=O) groups is 2. The lowest BCUT2D eigenvalue weighted by Gasteiger charge is -2.33. The van der Waals surface area contributed by atoms with Gasteiger partial charge in [0.05, 0.1) is 0 Å². The largest absolute Gasteiger partial charge is 0.349 e. The zero-order chi connectivity index (χ0) is 19.9. The van der Waals surface area contributed by atoms with E-state index in [-0.39, 0.29) is 18.0 Å². The smallest absolute Gasteiger partial charge is 0.317 e. The molecule has 3 amide bonds. The maximum Gasteiger partial charge on any atom is 0.317 e. The molecule has 2 fully saturated rings. The Bertz CT molecular complexity index is 662. The maximum absolute atomic E-state index is 12.5. The zero-order valence-corrected chi connectivity index (χ0v) is 17.2. The van der Waals surface area contributed by atoms with Crippen LogP contribution in [-0.4, -0.2) is 67.6 Å². The predicted molar refractivity (Wildman–Crippen MR) is 111 cm³/mol. The molecular formula is C22H34N4O2. The first-order valence-corrected chi connectivity index (χ1v) is 10.6. The average Bonchev–Trinajstić information content (AvgIpc) is 2.70. The fourth-order valence-corrected chi connectivity index (χ4v) is 4.16. The van der Waals surface area contributed by atoms with E-state index in [4.69, 9.17) is 0 Å². The summed E-state index contributed by atoms with van der Waals surface area (Å²) in [6.07, 6.45) is 5.15. The first-order chi connectivity index (χ1) is 13.5. The van der Waals surface area contributed by atoms with Crippen LogP contribution in [0.1, 0.15) is 48.0 Å². The molecule has 1 aromatic carbocycles. The van der Waals surface area contributed by atoms with Gasteiger partial charge < -0.3 is 20.4 Å². The number of nitrogens with one attached hydrogen (secondary N) is 2. The van der Waals surface area contributed by atoms with Gasteiger partial charge in [-0.1, -0.05) is 18.2 Å². The second kappa shape index (κ2) is 9.92. The van der Waals surface area contributed by atoms with Crippen molar-refractivity contribution in [2.24, 2.45) is 5.92 Å². The third kappa shape index (κ3) is 5.71. The molecule has 154 valence electrons. The maximum atomic E-state index is 12.5. The fourth-order valence-electron chi connectivity index (χ4n) is 4.16. The van der Waals surface area contributed by atoms with Gasteiger partial charge in [0.15, 0.2) is 0 Å². The van der Waals surface area contributed by atoms with Crippen LogP contribution in [-0.2, 0) is 0 Å². The van der Waals surface area contributed by atoms with Crippen molar-refractivity contribution in [1.29, 1.82) is 0 Å². The minimum Gasteiger partial charge on any atom is -0.349 e. The normalized spacial score (nSPS) is 19.4. The highest BCUT2D eigenvalue weighted by Crippen LogP contribution is 2.19. The van der Waals surface area contributed by atoms with Gasteiger partial charge in [-0.25, -0.2) is 4.79 Å². The summed E-state index contributed by atoms with van der Waals surface area (Å²) >= 11 is 0. The van der Waals surface area contributed by atoms with Crippen molar-refractivity contribution >= 4 is 11.9 Å². The van der Waals surface area contributed by atoms with E-state index >= 15 is 0 Å². The molecule has 0 spiro atoms. The molecule has 28 heavy (non-hydrogen) atoms. The van der Waals surface area contributed by atoms with Crippen LogP contribution in [0.15, 0.2) is 24.3 Å². The third-order valence-corrected chi connectivity index (χ3v) is 6.17. The van der Waals surface area contributed by atoms with Crippen molar-refractivity contribution in [3.8, 4) is 0 Å². The van der Waals surface area contributed by atoms with Crippen LogP contribution in [0.2, 0.25) is 0 Å². The molecule has 0 unspecified atom stereocenters. The lowest BCUT2D eigenvalue weighted by atomic mass is 9.94. The van der Waals surface area contributed by atoms with Gasteiger partial charge in [0.25, 0.3) is 5.91 Å². The number of carbonyl (C=O) groups excluding carboxylic acids is 2. The summed E-state index contributed by atoms with van der Waals surface area (Å²) in [5.74, 6) is 0.720. The molecule has 0 aromatic heterocycles. The number of piperidine rings is 2. The van der Waals surface area contributed by atoms with E-state index in [1.165, 1.54) is 25.9 Å². The highest BCUT2D eigenvalue weighted by Gasteiger charge is 2.24. The van der Waals surface area contributed by atoms with Gasteiger partial charge in [0, 0.05) is 31.2 Å². The van der Waals surface area contributed by atoms with Crippen molar-refractivity contribution in [3.05, 3.63) is 35.4 Å². The highest BCUT2D eigenvalue weighted by atomic mass is 16.2. The van der Waals surface area contributed by atoms with Gasteiger partial charge in [-0.15, -0.1) is 0 Å². The summed E-state index contributed by atoms with van der Waals surface area (Å²) < 4.78 is 0. The molecule has 2 heterocycles.